The minimum atomic E-state index is -0.695. The van der Waals surface area contributed by atoms with E-state index in [-0.39, 0.29) is 0 Å². The van der Waals surface area contributed by atoms with Gasteiger partial charge in [0.25, 0.3) is 0 Å². The summed E-state index contributed by atoms with van der Waals surface area (Å²) in [5.74, 6) is 0. The van der Waals surface area contributed by atoms with Gasteiger partial charge in [-0.3, -0.25) is 0 Å². The Balaban J connectivity index is 3.43. The fraction of sp³-hybridized carbons (Fsp3) is 0. The number of carbonyl (C=O) groups excluding carboxylic acids is 2. The highest BCUT2D eigenvalue weighted by Gasteiger charge is 1.82. The number of amides is 4. The number of ether oxygens (including phenoxy) is 1. The van der Waals surface area contributed by atoms with E-state index in [4.69, 9.17) is 11.5 Å². The Morgan fingerprint density at radius 2 is 1.38 bits per heavy atom. The van der Waals surface area contributed by atoms with Gasteiger partial charge < -0.3 is 26.8 Å². The van der Waals surface area contributed by atoms with Crippen molar-refractivity contribution in [2.75, 3.05) is 0 Å². The molecule has 0 aliphatic heterocycles. The second-order valence-electron chi connectivity index (χ2n) is 1.76. The third-order valence-electron chi connectivity index (χ3n) is 0.744. The molecule has 0 rings (SSSR count). The molecule has 0 aromatic heterocycles. The van der Waals surface area contributed by atoms with Crippen LogP contribution in [0.2, 0.25) is 0 Å². The van der Waals surface area contributed by atoms with Gasteiger partial charge in [-0.2, -0.15) is 0 Å². The van der Waals surface area contributed by atoms with Gasteiger partial charge in [0.1, 0.15) is 12.5 Å². The topological polar surface area (TPSA) is 119 Å². The molecule has 0 radical (unpaired) electrons. The zero-order valence-corrected chi connectivity index (χ0v) is 6.69. The normalized spacial score (nSPS) is 10.2. The number of nitrogens with one attached hydrogen (secondary N) is 2. The summed E-state index contributed by atoms with van der Waals surface area (Å²) in [6, 6.07) is -1.39. The molecule has 0 bridgehead atoms. The maximum atomic E-state index is 10.1. The van der Waals surface area contributed by atoms with Crippen LogP contribution in [0.1, 0.15) is 0 Å². The Morgan fingerprint density at radius 1 is 1.00 bits per heavy atom. The van der Waals surface area contributed by atoms with E-state index in [9.17, 15) is 9.59 Å². The number of hydrogen-bond donors (Lipinski definition) is 4. The van der Waals surface area contributed by atoms with Crippen LogP contribution in [0.25, 0.3) is 0 Å². The van der Waals surface area contributed by atoms with Crippen molar-refractivity contribution in [2.45, 2.75) is 0 Å². The molecule has 6 N–H and O–H groups in total. The molecule has 0 atom stereocenters. The molecule has 0 aliphatic carbocycles. The molecule has 0 aromatic carbocycles. The van der Waals surface area contributed by atoms with Gasteiger partial charge in [-0.1, -0.05) is 0 Å². The van der Waals surface area contributed by atoms with Crippen molar-refractivity contribution < 1.29 is 14.3 Å². The van der Waals surface area contributed by atoms with Crippen LogP contribution < -0.4 is 22.1 Å². The quantitative estimate of drug-likeness (QED) is 0.434. The Hall–Kier alpha value is -2.18. The number of primary amides is 2. The van der Waals surface area contributed by atoms with Gasteiger partial charge in [-0.15, -0.1) is 0 Å². The van der Waals surface area contributed by atoms with Gasteiger partial charge in [-0.25, -0.2) is 9.59 Å². The van der Waals surface area contributed by atoms with Crippen LogP contribution in [0, 0.1) is 0 Å². The van der Waals surface area contributed by atoms with Crippen molar-refractivity contribution in [3.05, 3.63) is 24.9 Å². The van der Waals surface area contributed by atoms with Gasteiger partial charge in [0.15, 0.2) is 0 Å². The first-order valence-electron chi connectivity index (χ1n) is 3.20. The molecule has 0 saturated heterocycles. The Kier molecular flexibility index (Phi) is 5.43. The van der Waals surface area contributed by atoms with E-state index in [0.717, 1.165) is 12.5 Å². The van der Waals surface area contributed by atoms with Crippen LogP contribution >= 0.6 is 0 Å². The number of nitrogens with two attached hydrogens (primary N) is 2. The monoisotopic (exact) mass is 186 g/mol. The first-order chi connectivity index (χ1) is 6.13. The Bertz CT molecular complexity index is 212. The predicted molar refractivity (Wildman–Crippen MR) is 44.8 cm³/mol. The molecule has 0 aromatic rings. The largest absolute Gasteiger partial charge is 0.470 e. The molecule has 4 amide bonds. The Morgan fingerprint density at radius 3 is 1.69 bits per heavy atom. The lowest BCUT2D eigenvalue weighted by atomic mass is 10.8. The lowest BCUT2D eigenvalue weighted by Gasteiger charge is -1.92. The highest BCUT2D eigenvalue weighted by Crippen LogP contribution is 1.76. The SMILES string of the molecule is NC(=O)N/C=C/O/C=C/NC(N)=O. The number of urea groups is 2. The number of rotatable bonds is 4. The zero-order valence-electron chi connectivity index (χ0n) is 6.69. The maximum Gasteiger partial charge on any atom is 0.316 e. The highest BCUT2D eigenvalue weighted by molar-refractivity contribution is 5.72. The van der Waals surface area contributed by atoms with Crippen LogP contribution in [-0.4, -0.2) is 12.1 Å². The van der Waals surface area contributed by atoms with Gasteiger partial charge in [0.05, 0.1) is 0 Å². The lowest BCUT2D eigenvalue weighted by molar-refractivity contribution is 0.251. The van der Waals surface area contributed by atoms with E-state index >= 15 is 0 Å². The summed E-state index contributed by atoms with van der Waals surface area (Å²) in [6.07, 6.45) is 4.70. The fourth-order valence-corrected chi connectivity index (χ4v) is 0.356. The smallest absolute Gasteiger partial charge is 0.316 e. The van der Waals surface area contributed by atoms with Crippen LogP contribution in [0.3, 0.4) is 0 Å². The first kappa shape index (κ1) is 10.8. The molecule has 0 saturated carbocycles. The summed E-state index contributed by atoms with van der Waals surface area (Å²) in [7, 11) is 0. The van der Waals surface area contributed by atoms with E-state index in [1.165, 1.54) is 12.4 Å². The minimum absolute atomic E-state index is 0.695. The van der Waals surface area contributed by atoms with Crippen molar-refractivity contribution in [2.24, 2.45) is 11.5 Å². The molecule has 0 aliphatic rings. The summed E-state index contributed by atoms with van der Waals surface area (Å²) < 4.78 is 4.63. The third kappa shape index (κ3) is 9.82. The van der Waals surface area contributed by atoms with Crippen LogP contribution in [0.15, 0.2) is 24.9 Å². The molecule has 7 nitrogen and oxygen atoms in total. The van der Waals surface area contributed by atoms with E-state index in [2.05, 4.69) is 15.4 Å². The molecule has 0 fully saturated rings. The standard InChI is InChI=1S/C6H10N4O3/c7-5(11)9-1-3-13-4-2-10-6(8)12/h1-4H,(H3,7,9,11)(H3,8,10,12)/b3-1+,4-2+. The van der Waals surface area contributed by atoms with Crippen LogP contribution in [-0.2, 0) is 4.74 Å². The Labute approximate surface area is 74.4 Å². The van der Waals surface area contributed by atoms with Gasteiger partial charge in [0, 0.05) is 12.4 Å². The van der Waals surface area contributed by atoms with Crippen molar-refractivity contribution in [3.63, 3.8) is 0 Å². The van der Waals surface area contributed by atoms with Gasteiger partial charge >= 0.3 is 12.1 Å². The maximum absolute atomic E-state index is 10.1. The molecule has 7 heteroatoms. The fourth-order valence-electron chi connectivity index (χ4n) is 0.356. The number of hydrogen-bond acceptors (Lipinski definition) is 3. The molecule has 0 spiro atoms. The second-order valence-corrected chi connectivity index (χ2v) is 1.76. The molecule has 0 heterocycles. The van der Waals surface area contributed by atoms with Crippen LogP contribution in [0.4, 0.5) is 9.59 Å². The summed E-state index contributed by atoms with van der Waals surface area (Å²) in [4.78, 5) is 20.2. The van der Waals surface area contributed by atoms with E-state index in [1.807, 2.05) is 0 Å². The third-order valence-corrected chi connectivity index (χ3v) is 0.744. The second kappa shape index (κ2) is 6.53. The summed E-state index contributed by atoms with van der Waals surface area (Å²) in [6.45, 7) is 0. The summed E-state index contributed by atoms with van der Waals surface area (Å²) in [5.41, 5.74) is 9.45. The average molecular weight is 186 g/mol. The van der Waals surface area contributed by atoms with Crippen LogP contribution in [0.5, 0.6) is 0 Å². The zero-order chi connectivity index (χ0) is 10.1. The summed E-state index contributed by atoms with van der Waals surface area (Å²) >= 11 is 0. The van der Waals surface area contributed by atoms with Gasteiger partial charge in [0.2, 0.25) is 0 Å². The van der Waals surface area contributed by atoms with E-state index in [0.29, 0.717) is 0 Å². The minimum Gasteiger partial charge on any atom is -0.470 e. The van der Waals surface area contributed by atoms with E-state index in [1.54, 1.807) is 0 Å². The van der Waals surface area contributed by atoms with Crippen molar-refractivity contribution in [3.8, 4) is 0 Å². The lowest BCUT2D eigenvalue weighted by Crippen LogP contribution is -2.24. The predicted octanol–water partition coefficient (Wildman–Crippen LogP) is -0.718. The van der Waals surface area contributed by atoms with Crippen molar-refractivity contribution in [1.82, 2.24) is 10.6 Å². The molecule has 72 valence electrons. The summed E-state index contributed by atoms with van der Waals surface area (Å²) in [5, 5.41) is 4.27. The van der Waals surface area contributed by atoms with Crippen molar-refractivity contribution >= 4 is 12.1 Å². The van der Waals surface area contributed by atoms with E-state index < -0.39 is 12.1 Å². The number of carbonyl (C=O) groups is 2. The molecular formula is C6H10N4O3. The highest BCUT2D eigenvalue weighted by atomic mass is 16.5. The van der Waals surface area contributed by atoms with Gasteiger partial charge in [-0.05, 0) is 0 Å². The average Bonchev–Trinajstić information content (AvgIpc) is 2.01. The van der Waals surface area contributed by atoms with Crippen molar-refractivity contribution in [1.29, 1.82) is 0 Å². The molecule has 13 heavy (non-hydrogen) atoms. The molecular weight excluding hydrogens is 176 g/mol. The first-order valence-corrected chi connectivity index (χ1v) is 3.20. The molecule has 0 unspecified atom stereocenters.